The van der Waals surface area contributed by atoms with Crippen LogP contribution in [0.2, 0.25) is 0 Å². The number of nitrogens with one attached hydrogen (secondary N) is 1. The third-order valence-corrected chi connectivity index (χ3v) is 4.17. The van der Waals surface area contributed by atoms with Crippen LogP contribution in [-0.2, 0) is 0 Å². The number of hydrogen-bond acceptors (Lipinski definition) is 2. The Labute approximate surface area is 108 Å². The molecule has 84 valence electrons. The van der Waals surface area contributed by atoms with Crippen molar-refractivity contribution in [3.63, 3.8) is 0 Å². The van der Waals surface area contributed by atoms with Crippen molar-refractivity contribution in [2.24, 2.45) is 0 Å². The summed E-state index contributed by atoms with van der Waals surface area (Å²) in [5.41, 5.74) is 1.02. The fraction of sp³-hybridized carbons (Fsp3) is 0.545. The van der Waals surface area contributed by atoms with Crippen LogP contribution in [-0.4, -0.2) is 16.4 Å². The summed E-state index contributed by atoms with van der Waals surface area (Å²) in [5, 5.41) is 3.32. The Hall–Kier alpha value is -0.0900. The topological polar surface area (TPSA) is 24.9 Å². The average Bonchev–Trinajstić information content (AvgIpc) is 2.23. The number of halogens is 2. The summed E-state index contributed by atoms with van der Waals surface area (Å²) in [6, 6.07) is 4.02. The van der Waals surface area contributed by atoms with Crippen molar-refractivity contribution < 1.29 is 0 Å². The standard InChI is InChI=1S/C11H16Br2N2/c1-3-9(12)6-7-14-11-5-4-10(13)8(2)15-11/h4-5,9H,3,6-7H2,1-2H3,(H,14,15). The van der Waals surface area contributed by atoms with Gasteiger partial charge in [0.2, 0.25) is 0 Å². The Bertz CT molecular complexity index is 315. The summed E-state index contributed by atoms with van der Waals surface area (Å²) >= 11 is 7.04. The van der Waals surface area contributed by atoms with Gasteiger partial charge in [0.15, 0.2) is 0 Å². The maximum absolute atomic E-state index is 4.42. The summed E-state index contributed by atoms with van der Waals surface area (Å²) in [4.78, 5) is 5.02. The fourth-order valence-electron chi connectivity index (χ4n) is 1.20. The van der Waals surface area contributed by atoms with Gasteiger partial charge in [-0.2, -0.15) is 0 Å². The van der Waals surface area contributed by atoms with Gasteiger partial charge >= 0.3 is 0 Å². The van der Waals surface area contributed by atoms with Crippen molar-refractivity contribution in [1.82, 2.24) is 4.98 Å². The molecule has 0 aromatic carbocycles. The average molecular weight is 336 g/mol. The summed E-state index contributed by atoms with van der Waals surface area (Å²) in [6.07, 6.45) is 2.28. The van der Waals surface area contributed by atoms with Crippen LogP contribution in [0.15, 0.2) is 16.6 Å². The van der Waals surface area contributed by atoms with Crippen molar-refractivity contribution in [2.45, 2.75) is 31.5 Å². The van der Waals surface area contributed by atoms with E-state index in [0.717, 1.165) is 35.4 Å². The van der Waals surface area contributed by atoms with Crippen LogP contribution in [0.25, 0.3) is 0 Å². The van der Waals surface area contributed by atoms with Gasteiger partial charge in [-0.1, -0.05) is 22.9 Å². The van der Waals surface area contributed by atoms with Gasteiger partial charge in [0.25, 0.3) is 0 Å². The number of nitrogens with zero attached hydrogens (tertiary/aromatic N) is 1. The Morgan fingerprint density at radius 3 is 2.80 bits per heavy atom. The van der Waals surface area contributed by atoms with Crippen LogP contribution in [0, 0.1) is 6.92 Å². The second-order valence-electron chi connectivity index (χ2n) is 3.48. The quantitative estimate of drug-likeness (QED) is 0.818. The van der Waals surface area contributed by atoms with E-state index in [1.54, 1.807) is 0 Å². The molecule has 0 bridgehead atoms. The van der Waals surface area contributed by atoms with E-state index in [4.69, 9.17) is 0 Å². The minimum Gasteiger partial charge on any atom is -0.370 e. The van der Waals surface area contributed by atoms with E-state index in [2.05, 4.69) is 49.1 Å². The smallest absolute Gasteiger partial charge is 0.126 e. The molecule has 0 saturated heterocycles. The molecule has 0 aliphatic carbocycles. The van der Waals surface area contributed by atoms with E-state index >= 15 is 0 Å². The molecule has 1 aromatic rings. The van der Waals surface area contributed by atoms with Gasteiger partial charge in [-0.25, -0.2) is 4.98 Å². The first-order chi connectivity index (χ1) is 7.13. The molecule has 1 atom stereocenters. The van der Waals surface area contributed by atoms with E-state index in [-0.39, 0.29) is 0 Å². The highest BCUT2D eigenvalue weighted by Gasteiger charge is 2.01. The molecular formula is C11H16Br2N2. The van der Waals surface area contributed by atoms with E-state index in [0.29, 0.717) is 4.83 Å². The van der Waals surface area contributed by atoms with Crippen LogP contribution in [0.1, 0.15) is 25.5 Å². The Morgan fingerprint density at radius 2 is 2.20 bits per heavy atom. The first kappa shape index (κ1) is 13.0. The molecule has 0 fully saturated rings. The van der Waals surface area contributed by atoms with Crippen LogP contribution >= 0.6 is 31.9 Å². The van der Waals surface area contributed by atoms with Crippen molar-refractivity contribution >= 4 is 37.7 Å². The second-order valence-corrected chi connectivity index (χ2v) is 5.63. The highest BCUT2D eigenvalue weighted by Crippen LogP contribution is 2.16. The van der Waals surface area contributed by atoms with Crippen LogP contribution in [0.5, 0.6) is 0 Å². The monoisotopic (exact) mass is 334 g/mol. The summed E-state index contributed by atoms with van der Waals surface area (Å²) < 4.78 is 1.06. The molecule has 1 unspecified atom stereocenters. The molecule has 0 spiro atoms. The van der Waals surface area contributed by atoms with Crippen molar-refractivity contribution in [1.29, 1.82) is 0 Å². The summed E-state index contributed by atoms with van der Waals surface area (Å²) in [7, 11) is 0. The number of alkyl halides is 1. The van der Waals surface area contributed by atoms with Crippen molar-refractivity contribution in [2.75, 3.05) is 11.9 Å². The number of aryl methyl sites for hydroxylation is 1. The van der Waals surface area contributed by atoms with Gasteiger partial charge < -0.3 is 5.32 Å². The zero-order valence-corrected chi connectivity index (χ0v) is 12.2. The number of hydrogen-bond donors (Lipinski definition) is 1. The minimum atomic E-state index is 0.599. The molecule has 4 heteroatoms. The van der Waals surface area contributed by atoms with E-state index in [1.165, 1.54) is 0 Å². The molecule has 15 heavy (non-hydrogen) atoms. The molecule has 1 rings (SSSR count). The lowest BCUT2D eigenvalue weighted by atomic mass is 10.2. The molecule has 2 nitrogen and oxygen atoms in total. The van der Waals surface area contributed by atoms with Gasteiger partial charge in [0.05, 0.1) is 5.69 Å². The molecule has 1 N–H and O–H groups in total. The number of anilines is 1. The van der Waals surface area contributed by atoms with E-state index in [9.17, 15) is 0 Å². The lowest BCUT2D eigenvalue weighted by Crippen LogP contribution is -2.08. The third-order valence-electron chi connectivity index (χ3n) is 2.23. The van der Waals surface area contributed by atoms with Crippen LogP contribution in [0.3, 0.4) is 0 Å². The second kappa shape index (κ2) is 6.48. The third kappa shape index (κ3) is 4.51. The zero-order valence-electron chi connectivity index (χ0n) is 9.06. The fourth-order valence-corrected chi connectivity index (χ4v) is 1.65. The van der Waals surface area contributed by atoms with Gasteiger partial charge in [-0.3, -0.25) is 0 Å². The molecule has 0 aliphatic rings. The Balaban J connectivity index is 2.41. The summed E-state index contributed by atoms with van der Waals surface area (Å²) in [5.74, 6) is 0.950. The van der Waals surface area contributed by atoms with Gasteiger partial charge in [-0.05, 0) is 47.8 Å². The number of rotatable bonds is 5. The highest BCUT2D eigenvalue weighted by molar-refractivity contribution is 9.10. The van der Waals surface area contributed by atoms with Gasteiger partial charge in [0.1, 0.15) is 5.82 Å². The number of pyridine rings is 1. The highest BCUT2D eigenvalue weighted by atomic mass is 79.9. The first-order valence-electron chi connectivity index (χ1n) is 5.14. The van der Waals surface area contributed by atoms with Crippen molar-refractivity contribution in [3.8, 4) is 0 Å². The molecule has 0 aliphatic heterocycles. The maximum atomic E-state index is 4.42. The van der Waals surface area contributed by atoms with Crippen LogP contribution in [0.4, 0.5) is 5.82 Å². The van der Waals surface area contributed by atoms with Crippen molar-refractivity contribution in [3.05, 3.63) is 22.3 Å². The SMILES string of the molecule is CCC(Br)CCNc1ccc(Br)c(C)n1. The maximum Gasteiger partial charge on any atom is 0.126 e. The predicted molar refractivity (Wildman–Crippen MR) is 72.8 cm³/mol. The van der Waals surface area contributed by atoms with E-state index in [1.807, 2.05) is 19.1 Å². The lowest BCUT2D eigenvalue weighted by molar-refractivity contribution is 0.772. The molecule has 0 amide bonds. The predicted octanol–water partition coefficient (Wildman–Crippen LogP) is 4.13. The Kier molecular flexibility index (Phi) is 5.61. The van der Waals surface area contributed by atoms with E-state index < -0.39 is 0 Å². The molecule has 0 saturated carbocycles. The molecule has 1 heterocycles. The zero-order chi connectivity index (χ0) is 11.3. The molecule has 1 aromatic heterocycles. The normalized spacial score (nSPS) is 12.5. The lowest BCUT2D eigenvalue weighted by Gasteiger charge is -2.09. The van der Waals surface area contributed by atoms with Gasteiger partial charge in [-0.15, -0.1) is 0 Å². The first-order valence-corrected chi connectivity index (χ1v) is 6.85. The summed E-state index contributed by atoms with van der Waals surface area (Å²) in [6.45, 7) is 5.13. The van der Waals surface area contributed by atoms with Crippen LogP contribution < -0.4 is 5.32 Å². The minimum absolute atomic E-state index is 0.599. The van der Waals surface area contributed by atoms with Gasteiger partial charge in [0, 0.05) is 15.8 Å². The molecular weight excluding hydrogens is 320 g/mol. The Morgan fingerprint density at radius 1 is 1.47 bits per heavy atom. The number of aromatic nitrogens is 1. The molecule has 0 radical (unpaired) electrons. The largest absolute Gasteiger partial charge is 0.370 e.